The number of aliphatic hydroxyl groups is 2. The van der Waals surface area contributed by atoms with Crippen molar-refractivity contribution in [3.8, 4) is 0 Å². The lowest BCUT2D eigenvalue weighted by Crippen LogP contribution is -2.52. The highest BCUT2D eigenvalue weighted by molar-refractivity contribution is 5.96. The number of carbonyl (C=O) groups is 1. The maximum atomic E-state index is 12.6. The van der Waals surface area contributed by atoms with Crippen LogP contribution in [0, 0.1) is 20.8 Å². The Hall–Kier alpha value is -1.39. The molecule has 0 bridgehead atoms. The van der Waals surface area contributed by atoms with Gasteiger partial charge in [0.25, 0.3) is 5.91 Å². The van der Waals surface area contributed by atoms with Crippen molar-refractivity contribution in [2.75, 3.05) is 19.7 Å². The zero-order valence-corrected chi connectivity index (χ0v) is 12.4. The second-order valence-corrected chi connectivity index (χ2v) is 5.96. The van der Waals surface area contributed by atoms with Crippen LogP contribution in [0.4, 0.5) is 0 Å². The van der Waals surface area contributed by atoms with E-state index >= 15 is 0 Å². The molecular formula is C16H23NO3. The molecule has 0 unspecified atom stereocenters. The molecule has 20 heavy (non-hydrogen) atoms. The number of hydrogen-bond donors (Lipinski definition) is 2. The lowest BCUT2D eigenvalue weighted by atomic mass is 9.92. The van der Waals surface area contributed by atoms with E-state index in [2.05, 4.69) is 0 Å². The monoisotopic (exact) mass is 277 g/mol. The molecule has 2 N–H and O–H groups in total. The number of hydrogen-bond acceptors (Lipinski definition) is 3. The van der Waals surface area contributed by atoms with E-state index in [1.807, 2.05) is 32.9 Å². The van der Waals surface area contributed by atoms with Crippen molar-refractivity contribution in [2.45, 2.75) is 39.2 Å². The molecule has 1 saturated heterocycles. The molecule has 4 nitrogen and oxygen atoms in total. The fourth-order valence-electron chi connectivity index (χ4n) is 2.78. The molecule has 0 saturated carbocycles. The smallest absolute Gasteiger partial charge is 0.254 e. The van der Waals surface area contributed by atoms with E-state index in [1.54, 1.807) is 4.90 Å². The largest absolute Gasteiger partial charge is 0.393 e. The maximum absolute atomic E-state index is 12.6. The van der Waals surface area contributed by atoms with Crippen LogP contribution in [-0.2, 0) is 0 Å². The van der Waals surface area contributed by atoms with Crippen LogP contribution < -0.4 is 0 Å². The fourth-order valence-corrected chi connectivity index (χ4v) is 2.78. The summed E-state index contributed by atoms with van der Waals surface area (Å²) in [6.07, 6.45) is 1.26. The van der Waals surface area contributed by atoms with Gasteiger partial charge in [0.2, 0.25) is 0 Å². The van der Waals surface area contributed by atoms with Crippen LogP contribution in [0.25, 0.3) is 0 Å². The third-order valence-corrected chi connectivity index (χ3v) is 4.21. The predicted molar refractivity (Wildman–Crippen MR) is 77.8 cm³/mol. The molecule has 4 heteroatoms. The van der Waals surface area contributed by atoms with Gasteiger partial charge in [0.05, 0.1) is 13.2 Å². The quantitative estimate of drug-likeness (QED) is 0.862. The highest BCUT2D eigenvalue weighted by Gasteiger charge is 2.35. The Morgan fingerprint density at radius 1 is 1.25 bits per heavy atom. The first-order valence-electron chi connectivity index (χ1n) is 7.07. The number of carbonyl (C=O) groups excluding carboxylic acids is 1. The third-order valence-electron chi connectivity index (χ3n) is 4.21. The Kier molecular flexibility index (Phi) is 4.16. The van der Waals surface area contributed by atoms with Crippen LogP contribution >= 0.6 is 0 Å². The minimum absolute atomic E-state index is 0.0582. The first kappa shape index (κ1) is 15.0. The van der Waals surface area contributed by atoms with E-state index in [1.165, 1.54) is 5.56 Å². The Labute approximate surface area is 120 Å². The van der Waals surface area contributed by atoms with Gasteiger partial charge in [-0.1, -0.05) is 6.07 Å². The van der Waals surface area contributed by atoms with Gasteiger partial charge >= 0.3 is 0 Å². The molecule has 1 aromatic rings. The average Bonchev–Trinajstić information content (AvgIpc) is 2.42. The first-order chi connectivity index (χ1) is 9.36. The highest BCUT2D eigenvalue weighted by atomic mass is 16.3. The number of β-amino-alcohol motifs (C(OH)–C–C–N with tert-alkyl or cyclic N) is 1. The van der Waals surface area contributed by atoms with E-state index in [0.717, 1.165) is 11.1 Å². The number of likely N-dealkylation sites (tertiary alicyclic amines) is 1. The van der Waals surface area contributed by atoms with Crippen molar-refractivity contribution in [3.63, 3.8) is 0 Å². The van der Waals surface area contributed by atoms with Crippen molar-refractivity contribution < 1.29 is 15.0 Å². The molecule has 0 radical (unpaired) electrons. The second kappa shape index (κ2) is 5.54. The van der Waals surface area contributed by atoms with Crippen LogP contribution in [0.5, 0.6) is 0 Å². The van der Waals surface area contributed by atoms with Gasteiger partial charge in [0.1, 0.15) is 5.60 Å². The molecule has 2 rings (SSSR count). The van der Waals surface area contributed by atoms with E-state index in [-0.39, 0.29) is 19.1 Å². The Morgan fingerprint density at radius 2 is 1.90 bits per heavy atom. The summed E-state index contributed by atoms with van der Waals surface area (Å²) in [5.74, 6) is -0.0582. The van der Waals surface area contributed by atoms with Crippen LogP contribution in [0.2, 0.25) is 0 Å². The maximum Gasteiger partial charge on any atom is 0.254 e. The van der Waals surface area contributed by atoms with E-state index in [9.17, 15) is 15.0 Å². The normalized spacial score (nSPS) is 22.9. The average molecular weight is 277 g/mol. The minimum Gasteiger partial charge on any atom is -0.393 e. The summed E-state index contributed by atoms with van der Waals surface area (Å²) in [6.45, 7) is 6.49. The van der Waals surface area contributed by atoms with Gasteiger partial charge in [-0.15, -0.1) is 0 Å². The molecule has 0 aliphatic carbocycles. The number of nitrogens with zero attached hydrogens (tertiary/aromatic N) is 1. The topological polar surface area (TPSA) is 60.8 Å². The molecule has 1 heterocycles. The van der Waals surface area contributed by atoms with Crippen LogP contribution in [0.15, 0.2) is 12.1 Å². The number of piperidine rings is 1. The van der Waals surface area contributed by atoms with Crippen LogP contribution in [-0.4, -0.2) is 46.3 Å². The van der Waals surface area contributed by atoms with Gasteiger partial charge in [-0.3, -0.25) is 4.79 Å². The molecule has 1 aromatic carbocycles. The van der Waals surface area contributed by atoms with Crippen molar-refractivity contribution in [1.29, 1.82) is 0 Å². The summed E-state index contributed by atoms with van der Waals surface area (Å²) >= 11 is 0. The number of rotatable bonds is 2. The predicted octanol–water partition coefficient (Wildman–Crippen LogP) is 1.57. The zero-order valence-electron chi connectivity index (χ0n) is 12.4. The molecular weight excluding hydrogens is 254 g/mol. The second-order valence-electron chi connectivity index (χ2n) is 5.96. The number of aryl methyl sites for hydroxylation is 3. The molecule has 1 amide bonds. The lowest BCUT2D eigenvalue weighted by molar-refractivity contribution is -0.0598. The molecule has 1 fully saturated rings. The van der Waals surface area contributed by atoms with Gasteiger partial charge in [0, 0.05) is 12.1 Å². The summed E-state index contributed by atoms with van der Waals surface area (Å²) in [4.78, 5) is 14.3. The van der Waals surface area contributed by atoms with Gasteiger partial charge in [-0.05, 0) is 56.4 Å². The summed E-state index contributed by atoms with van der Waals surface area (Å²) < 4.78 is 0. The molecule has 110 valence electrons. The fraction of sp³-hybridized carbons (Fsp3) is 0.562. The highest BCUT2D eigenvalue weighted by Crippen LogP contribution is 2.24. The number of benzene rings is 1. The van der Waals surface area contributed by atoms with Crippen molar-refractivity contribution >= 4 is 5.91 Å². The molecule has 1 aliphatic heterocycles. The van der Waals surface area contributed by atoms with Crippen molar-refractivity contribution in [2.24, 2.45) is 0 Å². The summed E-state index contributed by atoms with van der Waals surface area (Å²) in [6, 6.07) is 3.93. The molecule has 0 spiro atoms. The van der Waals surface area contributed by atoms with Gasteiger partial charge in [-0.2, -0.15) is 0 Å². The Bertz CT molecular complexity index is 527. The van der Waals surface area contributed by atoms with E-state index in [4.69, 9.17) is 0 Å². The minimum atomic E-state index is -1.15. The van der Waals surface area contributed by atoms with Gasteiger partial charge in [-0.25, -0.2) is 0 Å². The molecule has 0 aromatic heterocycles. The third kappa shape index (κ3) is 2.86. The van der Waals surface area contributed by atoms with Gasteiger partial charge < -0.3 is 15.1 Å². The lowest BCUT2D eigenvalue weighted by Gasteiger charge is -2.38. The van der Waals surface area contributed by atoms with E-state index in [0.29, 0.717) is 24.9 Å². The van der Waals surface area contributed by atoms with Crippen LogP contribution in [0.1, 0.15) is 39.9 Å². The molecule has 1 atom stereocenters. The summed E-state index contributed by atoms with van der Waals surface area (Å²) in [5.41, 5.74) is 2.76. The standard InChI is InChI=1S/C16H23NO3/c1-11-7-13(3)14(8-12(11)2)15(19)17-6-4-5-16(20,9-17)10-18/h7-8,18,20H,4-6,9-10H2,1-3H3/t16-/m1/s1. The number of amides is 1. The van der Waals surface area contributed by atoms with Gasteiger partial charge in [0.15, 0.2) is 0 Å². The van der Waals surface area contributed by atoms with Crippen LogP contribution in [0.3, 0.4) is 0 Å². The summed E-state index contributed by atoms with van der Waals surface area (Å²) in [5, 5.41) is 19.4. The first-order valence-corrected chi connectivity index (χ1v) is 7.07. The SMILES string of the molecule is Cc1cc(C)c(C(=O)N2CCC[C@](O)(CO)C2)cc1C. The zero-order chi connectivity index (χ0) is 14.9. The van der Waals surface area contributed by atoms with Crippen molar-refractivity contribution in [1.82, 2.24) is 4.90 Å². The molecule has 1 aliphatic rings. The Morgan fingerprint density at radius 3 is 2.55 bits per heavy atom. The van der Waals surface area contributed by atoms with E-state index < -0.39 is 5.60 Å². The number of aliphatic hydroxyl groups excluding tert-OH is 1. The van der Waals surface area contributed by atoms with Crippen molar-refractivity contribution in [3.05, 3.63) is 34.4 Å². The summed E-state index contributed by atoms with van der Waals surface area (Å²) in [7, 11) is 0. The Balaban J connectivity index is 2.25.